The molecule has 0 radical (unpaired) electrons. The van der Waals surface area contributed by atoms with E-state index in [4.69, 9.17) is 10.00 Å². The molecular formula is C17H18N2O3S. The molecule has 1 aliphatic heterocycles. The summed E-state index contributed by atoms with van der Waals surface area (Å²) in [6.07, 6.45) is 1.83. The maximum Gasteiger partial charge on any atom is 0.308 e. The average molecular weight is 330 g/mol. The number of hydrogen-bond donors (Lipinski definition) is 0. The molecule has 0 bridgehead atoms. The number of rotatable bonds is 3. The lowest BCUT2D eigenvalue weighted by Crippen LogP contribution is -2.37. The molecule has 23 heavy (non-hydrogen) atoms. The van der Waals surface area contributed by atoms with Crippen molar-refractivity contribution in [2.24, 2.45) is 0 Å². The van der Waals surface area contributed by atoms with E-state index >= 15 is 0 Å². The predicted molar refractivity (Wildman–Crippen MR) is 89.9 cm³/mol. The van der Waals surface area contributed by atoms with Crippen molar-refractivity contribution in [2.75, 3.05) is 18.8 Å². The van der Waals surface area contributed by atoms with Gasteiger partial charge in [0.2, 0.25) is 0 Å². The van der Waals surface area contributed by atoms with E-state index in [0.717, 1.165) is 22.4 Å². The van der Waals surface area contributed by atoms with Crippen molar-refractivity contribution in [2.45, 2.75) is 20.8 Å². The molecule has 5 nitrogen and oxygen atoms in total. The second-order valence-corrected chi connectivity index (χ2v) is 6.46. The van der Waals surface area contributed by atoms with Gasteiger partial charge in [-0.15, -0.1) is 11.8 Å². The first-order valence-corrected chi connectivity index (χ1v) is 8.21. The Hall–Kier alpha value is -2.26. The normalized spacial score (nSPS) is 16.3. The molecule has 0 aliphatic carbocycles. The number of aryl methyl sites for hydroxylation is 2. The minimum absolute atomic E-state index is 0.109. The number of benzene rings is 1. The summed E-state index contributed by atoms with van der Waals surface area (Å²) in [7, 11) is 0. The summed E-state index contributed by atoms with van der Waals surface area (Å²) in [5.74, 6) is 0.881. The third kappa shape index (κ3) is 4.14. The Morgan fingerprint density at radius 2 is 2.09 bits per heavy atom. The molecule has 120 valence electrons. The predicted octanol–water partition coefficient (Wildman–Crippen LogP) is 2.67. The second kappa shape index (κ2) is 7.34. The van der Waals surface area contributed by atoms with Crippen LogP contribution in [0.3, 0.4) is 0 Å². The Bertz CT molecular complexity index is 696. The quantitative estimate of drug-likeness (QED) is 0.369. The molecule has 2 rings (SSSR count). The van der Waals surface area contributed by atoms with Crippen LogP contribution >= 0.6 is 11.8 Å². The zero-order chi connectivity index (χ0) is 17.0. The lowest BCUT2D eigenvalue weighted by Gasteiger charge is -2.25. The molecule has 0 saturated carbocycles. The van der Waals surface area contributed by atoms with Crippen LogP contribution in [0, 0.1) is 25.2 Å². The van der Waals surface area contributed by atoms with Crippen LogP contribution < -0.4 is 4.74 Å². The Kier molecular flexibility index (Phi) is 5.45. The number of nitriles is 1. The van der Waals surface area contributed by atoms with Gasteiger partial charge in [-0.1, -0.05) is 0 Å². The van der Waals surface area contributed by atoms with Gasteiger partial charge in [0.05, 0.1) is 11.0 Å². The topological polar surface area (TPSA) is 70.4 Å². The van der Waals surface area contributed by atoms with Gasteiger partial charge in [0, 0.05) is 19.2 Å². The molecule has 1 amide bonds. The summed E-state index contributed by atoms with van der Waals surface area (Å²) in [6, 6.07) is 5.78. The van der Waals surface area contributed by atoms with Crippen molar-refractivity contribution in [3.05, 3.63) is 33.7 Å². The summed E-state index contributed by atoms with van der Waals surface area (Å²) in [6.45, 7) is 5.81. The minimum Gasteiger partial charge on any atom is -0.426 e. The highest BCUT2D eigenvalue weighted by Gasteiger charge is 2.23. The standard InChI is InChI=1S/C17H18N2O3S/c1-11-8-14(9-12(2)16(11)22-13(3)20)10-15-17(21)19(5-4-18)6-7-23-15/h8-10H,5-7H2,1-3H3/b15-10+. The van der Waals surface area contributed by atoms with Crippen molar-refractivity contribution < 1.29 is 14.3 Å². The van der Waals surface area contributed by atoms with Crippen LogP contribution in [0.4, 0.5) is 0 Å². The Labute approximate surface area is 139 Å². The number of hydrogen-bond acceptors (Lipinski definition) is 5. The first-order valence-electron chi connectivity index (χ1n) is 7.22. The highest BCUT2D eigenvalue weighted by Crippen LogP contribution is 2.30. The summed E-state index contributed by atoms with van der Waals surface area (Å²) in [5.41, 5.74) is 2.56. The van der Waals surface area contributed by atoms with Crippen molar-refractivity contribution in [1.29, 1.82) is 5.26 Å². The highest BCUT2D eigenvalue weighted by molar-refractivity contribution is 8.04. The molecule has 1 aromatic carbocycles. The third-order valence-electron chi connectivity index (χ3n) is 3.40. The molecule has 6 heteroatoms. The number of esters is 1. The van der Waals surface area contributed by atoms with Crippen LogP contribution in [-0.2, 0) is 9.59 Å². The SMILES string of the molecule is CC(=O)Oc1c(C)cc(/C=C2/SCCN(CC#N)C2=O)cc1C. The Balaban J connectivity index is 2.30. The van der Waals surface area contributed by atoms with E-state index in [1.54, 1.807) is 4.90 Å². The van der Waals surface area contributed by atoms with Crippen LogP contribution in [0.1, 0.15) is 23.6 Å². The van der Waals surface area contributed by atoms with Crippen LogP contribution in [0.15, 0.2) is 17.0 Å². The fourth-order valence-electron chi connectivity index (χ4n) is 2.45. The monoisotopic (exact) mass is 330 g/mol. The van der Waals surface area contributed by atoms with Gasteiger partial charge in [-0.05, 0) is 48.7 Å². The largest absolute Gasteiger partial charge is 0.426 e. The smallest absolute Gasteiger partial charge is 0.308 e. The van der Waals surface area contributed by atoms with Crippen LogP contribution in [0.25, 0.3) is 6.08 Å². The molecule has 1 aliphatic rings. The third-order valence-corrected chi connectivity index (χ3v) is 4.39. The molecule has 1 fully saturated rings. The van der Waals surface area contributed by atoms with Gasteiger partial charge >= 0.3 is 5.97 Å². The van der Waals surface area contributed by atoms with Gasteiger partial charge in [-0.25, -0.2) is 0 Å². The van der Waals surface area contributed by atoms with Crippen LogP contribution in [0.2, 0.25) is 0 Å². The molecule has 1 aromatic rings. The number of ether oxygens (including phenoxy) is 1. The lowest BCUT2D eigenvalue weighted by atomic mass is 10.1. The van der Waals surface area contributed by atoms with E-state index in [0.29, 0.717) is 17.2 Å². The summed E-state index contributed by atoms with van der Waals surface area (Å²) < 4.78 is 5.21. The average Bonchev–Trinajstić information content (AvgIpc) is 2.47. The van der Waals surface area contributed by atoms with E-state index in [2.05, 4.69) is 0 Å². The fourth-order valence-corrected chi connectivity index (χ4v) is 3.45. The van der Waals surface area contributed by atoms with Gasteiger partial charge < -0.3 is 9.64 Å². The number of nitrogens with zero attached hydrogens (tertiary/aromatic N) is 2. The fraction of sp³-hybridized carbons (Fsp3) is 0.353. The van der Waals surface area contributed by atoms with Crippen LogP contribution in [0.5, 0.6) is 5.75 Å². The van der Waals surface area contributed by atoms with E-state index in [1.807, 2.05) is 38.1 Å². The van der Waals surface area contributed by atoms with Gasteiger partial charge in [0.1, 0.15) is 12.3 Å². The maximum absolute atomic E-state index is 12.3. The number of thioether (sulfide) groups is 1. The van der Waals surface area contributed by atoms with Crippen LogP contribution in [-0.4, -0.2) is 35.6 Å². The van der Waals surface area contributed by atoms with Gasteiger partial charge in [0.25, 0.3) is 5.91 Å². The highest BCUT2D eigenvalue weighted by atomic mass is 32.2. The van der Waals surface area contributed by atoms with Gasteiger partial charge in [-0.2, -0.15) is 5.26 Å². The molecular weight excluding hydrogens is 312 g/mol. The number of carbonyl (C=O) groups excluding carboxylic acids is 2. The molecule has 1 saturated heterocycles. The van der Waals surface area contributed by atoms with E-state index < -0.39 is 0 Å². The van der Waals surface area contributed by atoms with Gasteiger partial charge in [0.15, 0.2) is 0 Å². The first kappa shape index (κ1) is 17.1. The van der Waals surface area contributed by atoms with Crippen molar-refractivity contribution >= 4 is 29.7 Å². The first-order chi connectivity index (χ1) is 10.9. The molecule has 0 aromatic heterocycles. The molecule has 0 unspecified atom stereocenters. The Morgan fingerprint density at radius 3 is 2.65 bits per heavy atom. The molecule has 1 heterocycles. The summed E-state index contributed by atoms with van der Waals surface area (Å²) >= 11 is 1.50. The number of amides is 1. The summed E-state index contributed by atoms with van der Waals surface area (Å²) in [5, 5.41) is 8.78. The summed E-state index contributed by atoms with van der Waals surface area (Å²) in [4.78, 5) is 25.6. The van der Waals surface area contributed by atoms with Gasteiger partial charge in [-0.3, -0.25) is 9.59 Å². The van der Waals surface area contributed by atoms with E-state index in [-0.39, 0.29) is 18.4 Å². The zero-order valence-electron chi connectivity index (χ0n) is 13.4. The van der Waals surface area contributed by atoms with E-state index in [9.17, 15) is 9.59 Å². The molecule has 0 N–H and O–H groups in total. The molecule has 0 spiro atoms. The zero-order valence-corrected chi connectivity index (χ0v) is 14.2. The van der Waals surface area contributed by atoms with E-state index in [1.165, 1.54) is 18.7 Å². The van der Waals surface area contributed by atoms with Crippen molar-refractivity contribution in [3.63, 3.8) is 0 Å². The minimum atomic E-state index is -0.354. The van der Waals surface area contributed by atoms with Crippen molar-refractivity contribution in [1.82, 2.24) is 4.90 Å². The Morgan fingerprint density at radius 1 is 1.43 bits per heavy atom. The number of carbonyl (C=O) groups is 2. The lowest BCUT2D eigenvalue weighted by molar-refractivity contribution is -0.132. The molecule has 0 atom stereocenters. The van der Waals surface area contributed by atoms with Crippen molar-refractivity contribution in [3.8, 4) is 11.8 Å². The maximum atomic E-state index is 12.3. The second-order valence-electron chi connectivity index (χ2n) is 5.32.